The fourth-order valence-electron chi connectivity index (χ4n) is 3.83. The molecule has 2 aromatic heterocycles. The molecule has 0 radical (unpaired) electrons. The van der Waals surface area contributed by atoms with Crippen LogP contribution in [0, 0.1) is 0 Å². The fourth-order valence-corrected chi connectivity index (χ4v) is 5.30. The Labute approximate surface area is 206 Å². The SMILES string of the molecule is CCN(Cc1ccc(C(C)(C)C)cc1)Cc1cccc(OCc2cc(-c3ccsc3)cs2)c1. The highest BCUT2D eigenvalue weighted by Gasteiger charge is 2.13. The van der Waals surface area contributed by atoms with Gasteiger partial charge in [-0.15, -0.1) is 11.3 Å². The van der Waals surface area contributed by atoms with Crippen molar-refractivity contribution in [1.29, 1.82) is 0 Å². The second kappa shape index (κ2) is 10.7. The molecule has 0 saturated heterocycles. The van der Waals surface area contributed by atoms with Gasteiger partial charge in [-0.05, 0) is 80.2 Å². The van der Waals surface area contributed by atoms with Crippen molar-refractivity contribution in [2.45, 2.75) is 52.8 Å². The molecule has 2 heterocycles. The van der Waals surface area contributed by atoms with Crippen molar-refractivity contribution < 1.29 is 4.74 Å². The van der Waals surface area contributed by atoms with Gasteiger partial charge in [-0.2, -0.15) is 11.3 Å². The molecule has 4 heteroatoms. The molecule has 2 aromatic carbocycles. The van der Waals surface area contributed by atoms with Gasteiger partial charge in [0.25, 0.3) is 0 Å². The zero-order chi connectivity index (χ0) is 23.3. The second-order valence-corrected chi connectivity index (χ2v) is 11.3. The molecular formula is C29H33NOS2. The Bertz CT molecular complexity index is 1140. The molecular weight excluding hydrogens is 442 g/mol. The molecule has 172 valence electrons. The minimum atomic E-state index is 0.192. The van der Waals surface area contributed by atoms with Gasteiger partial charge in [0.05, 0.1) is 0 Å². The minimum absolute atomic E-state index is 0.192. The summed E-state index contributed by atoms with van der Waals surface area (Å²) in [6.07, 6.45) is 0. The summed E-state index contributed by atoms with van der Waals surface area (Å²) >= 11 is 3.49. The third-order valence-electron chi connectivity index (χ3n) is 5.87. The van der Waals surface area contributed by atoms with Gasteiger partial charge in [0, 0.05) is 18.0 Å². The summed E-state index contributed by atoms with van der Waals surface area (Å²) in [5, 5.41) is 6.52. The van der Waals surface area contributed by atoms with Crippen LogP contribution in [0.3, 0.4) is 0 Å². The first-order valence-electron chi connectivity index (χ1n) is 11.5. The molecule has 0 fully saturated rings. The number of thiophene rings is 2. The van der Waals surface area contributed by atoms with Crippen LogP contribution < -0.4 is 4.74 Å². The summed E-state index contributed by atoms with van der Waals surface area (Å²) in [6, 6.07) is 22.0. The van der Waals surface area contributed by atoms with E-state index < -0.39 is 0 Å². The maximum Gasteiger partial charge on any atom is 0.122 e. The first kappa shape index (κ1) is 23.7. The minimum Gasteiger partial charge on any atom is -0.488 e. The number of benzene rings is 2. The van der Waals surface area contributed by atoms with E-state index >= 15 is 0 Å². The number of ether oxygens (including phenoxy) is 1. The van der Waals surface area contributed by atoms with Crippen LogP contribution in [0.5, 0.6) is 5.75 Å². The van der Waals surface area contributed by atoms with Gasteiger partial charge >= 0.3 is 0 Å². The van der Waals surface area contributed by atoms with Crippen molar-refractivity contribution >= 4 is 22.7 Å². The lowest BCUT2D eigenvalue weighted by Crippen LogP contribution is -2.22. The van der Waals surface area contributed by atoms with Crippen LogP contribution >= 0.6 is 22.7 Å². The van der Waals surface area contributed by atoms with Crippen LogP contribution in [0.4, 0.5) is 0 Å². The third kappa shape index (κ3) is 6.57. The Kier molecular flexibility index (Phi) is 7.69. The van der Waals surface area contributed by atoms with Crippen LogP contribution in [-0.4, -0.2) is 11.4 Å². The number of hydrogen-bond donors (Lipinski definition) is 0. The second-order valence-electron chi connectivity index (χ2n) is 9.50. The van der Waals surface area contributed by atoms with Gasteiger partial charge in [-0.25, -0.2) is 0 Å². The van der Waals surface area contributed by atoms with Crippen LogP contribution in [0.1, 0.15) is 49.3 Å². The first-order valence-corrected chi connectivity index (χ1v) is 13.4. The third-order valence-corrected chi connectivity index (χ3v) is 7.46. The van der Waals surface area contributed by atoms with Gasteiger partial charge in [-0.3, -0.25) is 4.90 Å². The van der Waals surface area contributed by atoms with E-state index in [1.54, 1.807) is 22.7 Å². The quantitative estimate of drug-likeness (QED) is 0.241. The van der Waals surface area contributed by atoms with Gasteiger partial charge in [-0.1, -0.05) is 64.1 Å². The summed E-state index contributed by atoms with van der Waals surface area (Å²) in [5.74, 6) is 0.934. The Morgan fingerprint density at radius 3 is 2.33 bits per heavy atom. The molecule has 0 aliphatic carbocycles. The average molecular weight is 476 g/mol. The molecule has 2 nitrogen and oxygen atoms in total. The lowest BCUT2D eigenvalue weighted by molar-refractivity contribution is 0.269. The van der Waals surface area contributed by atoms with Gasteiger partial charge in [0.1, 0.15) is 12.4 Å². The van der Waals surface area contributed by atoms with E-state index in [1.807, 2.05) is 0 Å². The van der Waals surface area contributed by atoms with E-state index in [2.05, 4.69) is 109 Å². The van der Waals surface area contributed by atoms with E-state index in [4.69, 9.17) is 4.74 Å². The van der Waals surface area contributed by atoms with Crippen molar-refractivity contribution in [2.24, 2.45) is 0 Å². The monoisotopic (exact) mass is 475 g/mol. The highest BCUT2D eigenvalue weighted by Crippen LogP contribution is 2.28. The van der Waals surface area contributed by atoms with E-state index in [0.717, 1.165) is 25.4 Å². The number of rotatable bonds is 9. The first-order chi connectivity index (χ1) is 15.9. The van der Waals surface area contributed by atoms with E-state index in [0.29, 0.717) is 6.61 Å². The molecule has 0 aliphatic rings. The summed E-state index contributed by atoms with van der Waals surface area (Å²) in [4.78, 5) is 3.72. The molecule has 0 saturated carbocycles. The van der Waals surface area contributed by atoms with Gasteiger partial charge in [0.2, 0.25) is 0 Å². The van der Waals surface area contributed by atoms with Crippen LogP contribution in [0.15, 0.2) is 76.8 Å². The van der Waals surface area contributed by atoms with Gasteiger partial charge < -0.3 is 4.74 Å². The molecule has 0 unspecified atom stereocenters. The molecule has 0 atom stereocenters. The zero-order valence-corrected chi connectivity index (χ0v) is 21.6. The van der Waals surface area contributed by atoms with E-state index in [1.165, 1.54) is 32.7 Å². The summed E-state index contributed by atoms with van der Waals surface area (Å²) in [7, 11) is 0. The maximum atomic E-state index is 6.14. The normalized spacial score (nSPS) is 11.8. The molecule has 0 amide bonds. The van der Waals surface area contributed by atoms with E-state index in [-0.39, 0.29) is 5.41 Å². The predicted molar refractivity (Wildman–Crippen MR) is 143 cm³/mol. The van der Waals surface area contributed by atoms with Gasteiger partial charge in [0.15, 0.2) is 0 Å². The largest absolute Gasteiger partial charge is 0.488 e. The van der Waals surface area contributed by atoms with Crippen molar-refractivity contribution in [3.8, 4) is 16.9 Å². The number of nitrogens with zero attached hydrogens (tertiary/aromatic N) is 1. The molecule has 33 heavy (non-hydrogen) atoms. The Balaban J connectivity index is 1.34. The summed E-state index contributed by atoms with van der Waals surface area (Å²) < 4.78 is 6.14. The lowest BCUT2D eigenvalue weighted by Gasteiger charge is -2.23. The maximum absolute atomic E-state index is 6.14. The van der Waals surface area contributed by atoms with Crippen LogP contribution in [0.2, 0.25) is 0 Å². The Hall–Kier alpha value is -2.40. The van der Waals surface area contributed by atoms with Crippen molar-refractivity contribution in [1.82, 2.24) is 4.90 Å². The standard InChI is InChI=1S/C29H33NOS2/c1-5-30(17-22-9-11-26(12-10-22)29(2,3)4)18-23-7-6-8-27(15-23)31-19-28-16-25(21-33-28)24-13-14-32-20-24/h6-16,20-21H,5,17-19H2,1-4H3. The van der Waals surface area contributed by atoms with Crippen molar-refractivity contribution in [3.05, 3.63) is 98.4 Å². The Morgan fingerprint density at radius 2 is 1.64 bits per heavy atom. The summed E-state index contributed by atoms with van der Waals surface area (Å²) in [5.41, 5.74) is 6.78. The molecule has 0 bridgehead atoms. The topological polar surface area (TPSA) is 12.5 Å². The molecule has 0 aliphatic heterocycles. The Morgan fingerprint density at radius 1 is 0.848 bits per heavy atom. The van der Waals surface area contributed by atoms with Crippen LogP contribution in [-0.2, 0) is 25.1 Å². The highest BCUT2D eigenvalue weighted by molar-refractivity contribution is 7.10. The van der Waals surface area contributed by atoms with Crippen molar-refractivity contribution in [2.75, 3.05) is 6.54 Å². The molecule has 4 aromatic rings. The highest BCUT2D eigenvalue weighted by atomic mass is 32.1. The predicted octanol–water partition coefficient (Wildman–Crippen LogP) is 8.38. The fraction of sp³-hybridized carbons (Fsp3) is 0.310. The zero-order valence-electron chi connectivity index (χ0n) is 20.0. The average Bonchev–Trinajstić information content (AvgIpc) is 3.49. The smallest absolute Gasteiger partial charge is 0.122 e. The molecule has 4 rings (SSSR count). The number of hydrogen-bond acceptors (Lipinski definition) is 4. The van der Waals surface area contributed by atoms with Crippen LogP contribution in [0.25, 0.3) is 11.1 Å². The molecule has 0 spiro atoms. The van der Waals surface area contributed by atoms with Crippen molar-refractivity contribution in [3.63, 3.8) is 0 Å². The van der Waals surface area contributed by atoms with E-state index in [9.17, 15) is 0 Å². The lowest BCUT2D eigenvalue weighted by atomic mass is 9.87. The summed E-state index contributed by atoms with van der Waals surface area (Å²) in [6.45, 7) is 12.5. The molecule has 0 N–H and O–H groups in total.